The van der Waals surface area contributed by atoms with E-state index in [-0.39, 0.29) is 5.57 Å². The van der Waals surface area contributed by atoms with Crippen molar-refractivity contribution in [1.29, 1.82) is 5.26 Å². The van der Waals surface area contributed by atoms with Gasteiger partial charge in [0.15, 0.2) is 0 Å². The summed E-state index contributed by atoms with van der Waals surface area (Å²) in [5.41, 5.74) is 2.69. The van der Waals surface area contributed by atoms with Gasteiger partial charge in [-0.05, 0) is 42.8 Å². The number of para-hydroxylation sites is 2. The van der Waals surface area contributed by atoms with Crippen LogP contribution >= 0.6 is 0 Å². The van der Waals surface area contributed by atoms with Crippen molar-refractivity contribution >= 4 is 23.0 Å². The number of carbonyl (C=O) groups excluding carboxylic acids is 1. The molecule has 0 spiro atoms. The van der Waals surface area contributed by atoms with Crippen LogP contribution in [0.5, 0.6) is 5.75 Å². The lowest BCUT2D eigenvalue weighted by Crippen LogP contribution is -2.27. The lowest BCUT2D eigenvalue weighted by atomic mass is 10.1. The molecule has 0 aliphatic heterocycles. The van der Waals surface area contributed by atoms with Crippen LogP contribution in [0, 0.1) is 11.3 Å². The van der Waals surface area contributed by atoms with E-state index in [4.69, 9.17) is 4.74 Å². The number of nitrogens with one attached hydrogen (secondary N) is 2. The predicted molar refractivity (Wildman–Crippen MR) is 104 cm³/mol. The van der Waals surface area contributed by atoms with Crippen molar-refractivity contribution in [1.82, 2.24) is 15.3 Å². The fourth-order valence-corrected chi connectivity index (χ4v) is 2.66. The molecule has 3 rings (SSSR count). The van der Waals surface area contributed by atoms with Crippen LogP contribution in [0.1, 0.15) is 18.3 Å². The van der Waals surface area contributed by atoms with Crippen molar-refractivity contribution in [3.05, 3.63) is 65.5 Å². The Labute approximate surface area is 157 Å². The van der Waals surface area contributed by atoms with Gasteiger partial charge in [-0.2, -0.15) is 5.26 Å². The van der Waals surface area contributed by atoms with E-state index in [1.807, 2.05) is 61.5 Å². The van der Waals surface area contributed by atoms with Crippen LogP contribution in [-0.2, 0) is 11.2 Å². The molecule has 1 aromatic heterocycles. The summed E-state index contributed by atoms with van der Waals surface area (Å²) < 4.78 is 5.38. The minimum absolute atomic E-state index is 0.0590. The zero-order valence-corrected chi connectivity index (χ0v) is 15.0. The predicted octanol–water partition coefficient (Wildman–Crippen LogP) is 3.23. The van der Waals surface area contributed by atoms with E-state index in [1.165, 1.54) is 0 Å². The topological polar surface area (TPSA) is 90.8 Å². The van der Waals surface area contributed by atoms with Crippen LogP contribution in [-0.4, -0.2) is 29.0 Å². The Morgan fingerprint density at radius 3 is 2.74 bits per heavy atom. The van der Waals surface area contributed by atoms with Crippen molar-refractivity contribution in [2.45, 2.75) is 13.3 Å². The SMILES string of the molecule is CCOc1ccc(/C=C(\C#N)C(=O)NCCc2nc3ccccc3[nH]2)cc1. The van der Waals surface area contributed by atoms with Gasteiger partial charge in [0.2, 0.25) is 0 Å². The van der Waals surface area contributed by atoms with Gasteiger partial charge in [0.05, 0.1) is 17.6 Å². The summed E-state index contributed by atoms with van der Waals surface area (Å²) in [6.45, 7) is 2.89. The zero-order chi connectivity index (χ0) is 19.1. The minimum atomic E-state index is -0.400. The molecule has 6 heteroatoms. The van der Waals surface area contributed by atoms with Crippen LogP contribution in [0.15, 0.2) is 54.1 Å². The zero-order valence-electron chi connectivity index (χ0n) is 15.0. The second-order valence-electron chi connectivity index (χ2n) is 5.88. The minimum Gasteiger partial charge on any atom is -0.494 e. The summed E-state index contributed by atoms with van der Waals surface area (Å²) in [5.74, 6) is 1.15. The summed E-state index contributed by atoms with van der Waals surface area (Å²) in [5, 5.41) is 12.0. The molecule has 136 valence electrons. The molecule has 3 aromatic rings. The van der Waals surface area contributed by atoms with E-state index in [2.05, 4.69) is 15.3 Å². The first kappa shape index (κ1) is 18.2. The highest BCUT2D eigenvalue weighted by atomic mass is 16.5. The molecule has 2 aromatic carbocycles. The van der Waals surface area contributed by atoms with E-state index >= 15 is 0 Å². The second kappa shape index (κ2) is 8.68. The van der Waals surface area contributed by atoms with Gasteiger partial charge in [0.25, 0.3) is 5.91 Å². The van der Waals surface area contributed by atoms with Gasteiger partial charge in [-0.1, -0.05) is 24.3 Å². The number of nitrogens with zero attached hydrogens (tertiary/aromatic N) is 2. The molecular formula is C21H20N4O2. The molecule has 0 unspecified atom stereocenters. The Balaban J connectivity index is 1.58. The molecule has 0 fully saturated rings. The van der Waals surface area contributed by atoms with Gasteiger partial charge < -0.3 is 15.0 Å². The molecule has 0 aliphatic rings. The van der Waals surface area contributed by atoms with Crippen molar-refractivity contribution in [3.63, 3.8) is 0 Å². The summed E-state index contributed by atoms with van der Waals surface area (Å²) in [6, 6.07) is 17.0. The van der Waals surface area contributed by atoms with Crippen molar-refractivity contribution in [2.24, 2.45) is 0 Å². The Kier molecular flexibility index (Phi) is 5.85. The van der Waals surface area contributed by atoms with Crippen LogP contribution in [0.4, 0.5) is 0 Å². The third kappa shape index (κ3) is 4.73. The number of hydrogen-bond acceptors (Lipinski definition) is 4. The Bertz CT molecular complexity index is 964. The molecule has 0 atom stereocenters. The monoisotopic (exact) mass is 360 g/mol. The summed E-state index contributed by atoms with van der Waals surface area (Å²) in [6.07, 6.45) is 2.12. The van der Waals surface area contributed by atoms with Crippen LogP contribution < -0.4 is 10.1 Å². The molecule has 0 bridgehead atoms. The number of ether oxygens (including phenoxy) is 1. The maximum Gasteiger partial charge on any atom is 0.261 e. The highest BCUT2D eigenvalue weighted by Gasteiger charge is 2.09. The largest absolute Gasteiger partial charge is 0.494 e. The summed E-state index contributed by atoms with van der Waals surface area (Å²) in [7, 11) is 0. The van der Waals surface area contributed by atoms with Gasteiger partial charge in [0.1, 0.15) is 23.2 Å². The number of aromatic amines is 1. The standard InChI is InChI=1S/C21H20N4O2/c1-2-27-17-9-7-15(8-10-17)13-16(14-22)21(26)23-12-11-20-24-18-5-3-4-6-19(18)25-20/h3-10,13H,2,11-12H2,1H3,(H,23,26)(H,24,25)/b16-13+. The average molecular weight is 360 g/mol. The first-order chi connectivity index (χ1) is 13.2. The lowest BCUT2D eigenvalue weighted by molar-refractivity contribution is -0.117. The number of fused-ring (bicyclic) bond motifs is 1. The molecule has 0 aliphatic carbocycles. The van der Waals surface area contributed by atoms with Gasteiger partial charge in [-0.3, -0.25) is 4.79 Å². The van der Waals surface area contributed by atoms with Crippen molar-refractivity contribution in [3.8, 4) is 11.8 Å². The van der Waals surface area contributed by atoms with Crippen molar-refractivity contribution < 1.29 is 9.53 Å². The number of benzene rings is 2. The van der Waals surface area contributed by atoms with E-state index in [0.29, 0.717) is 19.6 Å². The van der Waals surface area contributed by atoms with Crippen LogP contribution in [0.25, 0.3) is 17.1 Å². The summed E-state index contributed by atoms with van der Waals surface area (Å²) >= 11 is 0. The van der Waals surface area contributed by atoms with E-state index < -0.39 is 5.91 Å². The highest BCUT2D eigenvalue weighted by Crippen LogP contribution is 2.14. The normalized spacial score (nSPS) is 11.2. The maximum absolute atomic E-state index is 12.3. The number of carbonyl (C=O) groups is 1. The van der Waals surface area contributed by atoms with Crippen LogP contribution in [0.3, 0.4) is 0 Å². The fraction of sp³-hybridized carbons (Fsp3) is 0.190. The molecule has 1 amide bonds. The lowest BCUT2D eigenvalue weighted by Gasteiger charge is -2.04. The number of rotatable bonds is 7. The van der Waals surface area contributed by atoms with Gasteiger partial charge in [-0.15, -0.1) is 0 Å². The number of imidazole rings is 1. The molecule has 1 heterocycles. The van der Waals surface area contributed by atoms with Crippen LogP contribution in [0.2, 0.25) is 0 Å². The van der Waals surface area contributed by atoms with Gasteiger partial charge in [0, 0.05) is 13.0 Å². The van der Waals surface area contributed by atoms with Gasteiger partial charge in [-0.25, -0.2) is 4.98 Å². The highest BCUT2D eigenvalue weighted by molar-refractivity contribution is 6.01. The third-order valence-corrected chi connectivity index (χ3v) is 3.95. The third-order valence-electron chi connectivity index (χ3n) is 3.95. The maximum atomic E-state index is 12.3. The first-order valence-corrected chi connectivity index (χ1v) is 8.76. The smallest absolute Gasteiger partial charge is 0.261 e. The molecule has 2 N–H and O–H groups in total. The molecule has 6 nitrogen and oxygen atoms in total. The van der Waals surface area contributed by atoms with Gasteiger partial charge >= 0.3 is 0 Å². The number of nitriles is 1. The number of hydrogen-bond donors (Lipinski definition) is 2. The first-order valence-electron chi connectivity index (χ1n) is 8.76. The van der Waals surface area contributed by atoms with Crippen molar-refractivity contribution in [2.75, 3.05) is 13.2 Å². The fourth-order valence-electron chi connectivity index (χ4n) is 2.66. The Morgan fingerprint density at radius 1 is 1.26 bits per heavy atom. The Hall–Kier alpha value is -3.59. The van der Waals surface area contributed by atoms with E-state index in [1.54, 1.807) is 6.08 Å². The molecular weight excluding hydrogens is 340 g/mol. The molecule has 0 saturated carbocycles. The second-order valence-corrected chi connectivity index (χ2v) is 5.88. The number of amides is 1. The number of H-pyrrole nitrogens is 1. The van der Waals surface area contributed by atoms with E-state index in [0.717, 1.165) is 28.2 Å². The molecule has 0 radical (unpaired) electrons. The molecule has 0 saturated heterocycles. The Morgan fingerprint density at radius 2 is 2.04 bits per heavy atom. The molecule has 27 heavy (non-hydrogen) atoms. The van der Waals surface area contributed by atoms with E-state index in [9.17, 15) is 10.1 Å². The number of aromatic nitrogens is 2. The quantitative estimate of drug-likeness (QED) is 0.500. The average Bonchev–Trinajstić information content (AvgIpc) is 3.10. The summed E-state index contributed by atoms with van der Waals surface area (Å²) in [4.78, 5) is 19.9.